The highest BCUT2D eigenvalue weighted by molar-refractivity contribution is 9.10. The third-order valence-corrected chi connectivity index (χ3v) is 3.05. The number of benzene rings is 1. The van der Waals surface area contributed by atoms with Crippen LogP contribution in [0.3, 0.4) is 0 Å². The average molecular weight is 355 g/mol. The Balaban J connectivity index is 2.41. The maximum atomic E-state index is 10.9. The fourth-order valence-corrected chi connectivity index (χ4v) is 1.94. The second-order valence-corrected chi connectivity index (χ2v) is 4.61. The first-order chi connectivity index (χ1) is 9.90. The summed E-state index contributed by atoms with van der Waals surface area (Å²) in [5.41, 5.74) is 4.79. The Bertz CT molecular complexity index is 737. The number of hydrogen-bond donors (Lipinski definition) is 1. The molecule has 1 aromatic carbocycles. The van der Waals surface area contributed by atoms with E-state index in [0.717, 1.165) is 6.07 Å². The Hall–Kier alpha value is -2.75. The van der Waals surface area contributed by atoms with E-state index in [1.54, 1.807) is 6.07 Å². The van der Waals surface area contributed by atoms with Gasteiger partial charge in [0.2, 0.25) is 17.4 Å². The van der Waals surface area contributed by atoms with Gasteiger partial charge in [0, 0.05) is 18.2 Å². The van der Waals surface area contributed by atoms with Gasteiger partial charge in [0.05, 0.1) is 14.3 Å². The summed E-state index contributed by atoms with van der Waals surface area (Å²) >= 11 is 3.13. The van der Waals surface area contributed by atoms with Crippen LogP contribution < -0.4 is 10.5 Å². The first-order valence-electron chi connectivity index (χ1n) is 5.42. The monoisotopic (exact) mass is 354 g/mol. The van der Waals surface area contributed by atoms with Crippen LogP contribution in [-0.2, 0) is 0 Å². The van der Waals surface area contributed by atoms with Crippen LogP contribution >= 0.6 is 15.9 Å². The van der Waals surface area contributed by atoms with E-state index < -0.39 is 9.85 Å². The van der Waals surface area contributed by atoms with Gasteiger partial charge < -0.3 is 10.5 Å². The summed E-state index contributed by atoms with van der Waals surface area (Å²) in [4.78, 5) is 24.0. The summed E-state index contributed by atoms with van der Waals surface area (Å²) in [6, 6.07) is 6.61. The van der Waals surface area contributed by atoms with Crippen LogP contribution in [-0.4, -0.2) is 14.8 Å². The molecule has 108 valence electrons. The van der Waals surface area contributed by atoms with Gasteiger partial charge >= 0.3 is 11.4 Å². The molecule has 0 unspecified atom stereocenters. The van der Waals surface area contributed by atoms with Gasteiger partial charge in [-0.3, -0.25) is 20.2 Å². The van der Waals surface area contributed by atoms with Crippen molar-refractivity contribution in [1.82, 2.24) is 4.98 Å². The predicted molar refractivity (Wildman–Crippen MR) is 76.2 cm³/mol. The standard InChI is InChI=1S/C11H7BrN4O5/c12-6-2-1-3-7(15(17)18)10(6)21-9-5-4-8(16(19)20)11(13)14-9/h1-5H,(H2,13,14). The lowest BCUT2D eigenvalue weighted by Gasteiger charge is -2.07. The van der Waals surface area contributed by atoms with Crippen molar-refractivity contribution in [3.05, 3.63) is 55.0 Å². The third-order valence-electron chi connectivity index (χ3n) is 2.42. The number of nitro groups is 2. The molecule has 2 aromatic rings. The van der Waals surface area contributed by atoms with E-state index in [4.69, 9.17) is 10.5 Å². The lowest BCUT2D eigenvalue weighted by molar-refractivity contribution is -0.385. The molecule has 0 aliphatic rings. The molecule has 1 aromatic heterocycles. The molecule has 0 radical (unpaired) electrons. The van der Waals surface area contributed by atoms with Gasteiger partial charge in [-0.15, -0.1) is 0 Å². The Labute approximate surface area is 125 Å². The highest BCUT2D eigenvalue weighted by Crippen LogP contribution is 2.38. The van der Waals surface area contributed by atoms with Gasteiger partial charge in [-0.25, -0.2) is 0 Å². The number of aromatic nitrogens is 1. The largest absolute Gasteiger partial charge is 0.431 e. The Morgan fingerprint density at radius 1 is 1.10 bits per heavy atom. The van der Waals surface area contributed by atoms with Gasteiger partial charge in [0.25, 0.3) is 0 Å². The molecule has 0 atom stereocenters. The van der Waals surface area contributed by atoms with Gasteiger partial charge in [0.1, 0.15) is 0 Å². The van der Waals surface area contributed by atoms with Crippen molar-refractivity contribution >= 4 is 33.1 Å². The van der Waals surface area contributed by atoms with Gasteiger partial charge in [-0.2, -0.15) is 4.98 Å². The average Bonchev–Trinajstić information content (AvgIpc) is 2.40. The van der Waals surface area contributed by atoms with Crippen LogP contribution in [0.2, 0.25) is 0 Å². The number of nitro benzene ring substituents is 1. The number of hydrogen-bond acceptors (Lipinski definition) is 7. The van der Waals surface area contributed by atoms with Crippen LogP contribution in [0.1, 0.15) is 0 Å². The second-order valence-electron chi connectivity index (χ2n) is 3.76. The number of anilines is 1. The van der Waals surface area contributed by atoms with Crippen molar-refractivity contribution < 1.29 is 14.6 Å². The van der Waals surface area contributed by atoms with Crippen molar-refractivity contribution in [3.8, 4) is 11.6 Å². The summed E-state index contributed by atoms with van der Waals surface area (Å²) < 4.78 is 5.66. The topological polar surface area (TPSA) is 134 Å². The summed E-state index contributed by atoms with van der Waals surface area (Å²) in [5.74, 6) is -0.497. The Morgan fingerprint density at radius 2 is 1.76 bits per heavy atom. The van der Waals surface area contributed by atoms with E-state index >= 15 is 0 Å². The van der Waals surface area contributed by atoms with Gasteiger partial charge in [0.15, 0.2) is 0 Å². The SMILES string of the molecule is Nc1nc(Oc2c(Br)cccc2[N+](=O)[O-])ccc1[N+](=O)[O-]. The van der Waals surface area contributed by atoms with E-state index in [-0.39, 0.29) is 28.8 Å². The molecule has 0 aliphatic heterocycles. The van der Waals surface area contributed by atoms with Crippen LogP contribution in [0.4, 0.5) is 17.2 Å². The molecular formula is C11H7BrN4O5. The highest BCUT2D eigenvalue weighted by atomic mass is 79.9. The van der Waals surface area contributed by atoms with Gasteiger partial charge in [-0.05, 0) is 22.0 Å². The number of nitrogen functional groups attached to an aromatic ring is 1. The zero-order valence-corrected chi connectivity index (χ0v) is 11.8. The van der Waals surface area contributed by atoms with E-state index in [1.807, 2.05) is 0 Å². The molecule has 0 amide bonds. The van der Waals surface area contributed by atoms with Crippen LogP contribution in [0, 0.1) is 20.2 Å². The van der Waals surface area contributed by atoms with Crippen molar-refractivity contribution in [2.45, 2.75) is 0 Å². The molecule has 10 heteroatoms. The molecule has 0 fully saturated rings. The summed E-state index contributed by atoms with van der Waals surface area (Å²) in [7, 11) is 0. The summed E-state index contributed by atoms with van der Waals surface area (Å²) in [6.45, 7) is 0. The number of nitrogens with two attached hydrogens (primary N) is 1. The number of para-hydroxylation sites is 1. The molecule has 0 aliphatic carbocycles. The number of rotatable bonds is 4. The maximum Gasteiger partial charge on any atom is 0.312 e. The lowest BCUT2D eigenvalue weighted by atomic mass is 10.3. The molecule has 9 nitrogen and oxygen atoms in total. The first-order valence-corrected chi connectivity index (χ1v) is 6.21. The van der Waals surface area contributed by atoms with Crippen molar-refractivity contribution in [3.63, 3.8) is 0 Å². The molecule has 0 bridgehead atoms. The van der Waals surface area contributed by atoms with Crippen molar-refractivity contribution in [2.24, 2.45) is 0 Å². The number of pyridine rings is 1. The van der Waals surface area contributed by atoms with E-state index in [9.17, 15) is 20.2 Å². The van der Waals surface area contributed by atoms with Crippen molar-refractivity contribution in [2.75, 3.05) is 5.73 Å². The maximum absolute atomic E-state index is 10.9. The summed E-state index contributed by atoms with van der Waals surface area (Å²) in [5, 5.41) is 21.6. The fourth-order valence-electron chi connectivity index (χ4n) is 1.51. The molecule has 1 heterocycles. The quantitative estimate of drug-likeness (QED) is 0.658. The number of halogens is 1. The fraction of sp³-hybridized carbons (Fsp3) is 0. The zero-order valence-electron chi connectivity index (χ0n) is 10.2. The molecule has 0 spiro atoms. The number of nitrogens with zero attached hydrogens (tertiary/aromatic N) is 3. The number of ether oxygens (including phenoxy) is 1. The first kappa shape index (κ1) is 14.7. The Morgan fingerprint density at radius 3 is 2.33 bits per heavy atom. The summed E-state index contributed by atoms with van der Waals surface area (Å²) in [6.07, 6.45) is 0. The van der Waals surface area contributed by atoms with E-state index in [2.05, 4.69) is 20.9 Å². The van der Waals surface area contributed by atoms with Crippen LogP contribution in [0.25, 0.3) is 0 Å². The molecule has 0 saturated heterocycles. The Kier molecular flexibility index (Phi) is 3.98. The lowest BCUT2D eigenvalue weighted by Crippen LogP contribution is -2.00. The minimum atomic E-state index is -0.688. The molecule has 2 N–H and O–H groups in total. The minimum Gasteiger partial charge on any atom is -0.431 e. The van der Waals surface area contributed by atoms with Crippen LogP contribution in [0.5, 0.6) is 11.6 Å². The van der Waals surface area contributed by atoms with Crippen LogP contribution in [0.15, 0.2) is 34.8 Å². The smallest absolute Gasteiger partial charge is 0.312 e. The third kappa shape index (κ3) is 3.05. The minimum absolute atomic E-state index is 0.0664. The second kappa shape index (κ2) is 5.71. The molecular weight excluding hydrogens is 348 g/mol. The molecule has 0 saturated carbocycles. The van der Waals surface area contributed by atoms with E-state index in [0.29, 0.717) is 4.47 Å². The van der Waals surface area contributed by atoms with E-state index in [1.165, 1.54) is 18.2 Å². The van der Waals surface area contributed by atoms with Gasteiger partial charge in [-0.1, -0.05) is 6.07 Å². The predicted octanol–water partition coefficient (Wildman–Crippen LogP) is 3.04. The normalized spacial score (nSPS) is 10.1. The molecule has 2 rings (SSSR count). The van der Waals surface area contributed by atoms with Crippen molar-refractivity contribution in [1.29, 1.82) is 0 Å². The molecule has 21 heavy (non-hydrogen) atoms. The zero-order chi connectivity index (χ0) is 15.6. The highest BCUT2D eigenvalue weighted by Gasteiger charge is 2.20.